The predicted molar refractivity (Wildman–Crippen MR) is 252 cm³/mol. The topological polar surface area (TPSA) is 22.8 Å². The molecule has 0 N–H and O–H groups in total. The highest BCUT2D eigenvalue weighted by Gasteiger charge is 2.21. The standard InChI is InChI=1S/C55H33N3S/c1-2-15-34(16-3-1)53-46-30-29-44-43-23-14-22-38(54(43)59-55(44)52(46)45-21-4-9-24-47(45)56-53)35-31-36(57-48-25-10-5-17-39(48)40-18-6-11-26-49(40)57)33-37(32-35)58-50-27-12-7-19-41(50)42-20-8-13-28-51(42)58/h1-33H. The summed E-state index contributed by atoms with van der Waals surface area (Å²) in [4.78, 5) is 5.25. The van der Waals surface area contributed by atoms with Gasteiger partial charge in [-0.2, -0.15) is 0 Å². The first-order valence-electron chi connectivity index (χ1n) is 20.1. The summed E-state index contributed by atoms with van der Waals surface area (Å²) in [5.74, 6) is 0. The molecule has 0 aliphatic heterocycles. The minimum Gasteiger partial charge on any atom is -0.309 e. The number of hydrogen-bond donors (Lipinski definition) is 0. The molecule has 4 aromatic heterocycles. The Morgan fingerprint density at radius 1 is 0.339 bits per heavy atom. The molecule has 274 valence electrons. The molecule has 0 saturated heterocycles. The molecule has 0 amide bonds. The lowest BCUT2D eigenvalue weighted by molar-refractivity contribution is 1.13. The monoisotopic (exact) mass is 767 g/mol. The van der Waals surface area contributed by atoms with E-state index < -0.39 is 0 Å². The number of para-hydroxylation sites is 5. The van der Waals surface area contributed by atoms with Gasteiger partial charge in [0.25, 0.3) is 0 Å². The Kier molecular flexibility index (Phi) is 6.89. The van der Waals surface area contributed by atoms with Crippen molar-refractivity contribution in [3.05, 3.63) is 200 Å². The highest BCUT2D eigenvalue weighted by atomic mass is 32.1. The quantitative estimate of drug-likeness (QED) is 0.164. The highest BCUT2D eigenvalue weighted by molar-refractivity contribution is 7.27. The molecule has 13 aromatic rings. The van der Waals surface area contributed by atoms with Crippen molar-refractivity contribution in [1.82, 2.24) is 14.1 Å². The summed E-state index contributed by atoms with van der Waals surface area (Å²) in [5, 5.41) is 11.2. The van der Waals surface area contributed by atoms with Crippen molar-refractivity contribution in [3.8, 4) is 33.8 Å². The zero-order valence-corrected chi connectivity index (χ0v) is 32.6. The van der Waals surface area contributed by atoms with Gasteiger partial charge in [-0.3, -0.25) is 0 Å². The molecule has 0 aliphatic carbocycles. The summed E-state index contributed by atoms with van der Waals surface area (Å²) in [6.07, 6.45) is 0. The van der Waals surface area contributed by atoms with Crippen LogP contribution in [0.5, 0.6) is 0 Å². The van der Waals surface area contributed by atoms with Gasteiger partial charge in [-0.25, -0.2) is 4.98 Å². The van der Waals surface area contributed by atoms with E-state index in [4.69, 9.17) is 4.98 Å². The predicted octanol–water partition coefficient (Wildman–Crippen LogP) is 15.3. The molecule has 0 aliphatic rings. The summed E-state index contributed by atoms with van der Waals surface area (Å²) in [5.41, 5.74) is 12.6. The fourth-order valence-corrected chi connectivity index (χ4v) is 11.1. The maximum Gasteiger partial charge on any atom is 0.0788 e. The average molecular weight is 768 g/mol. The van der Waals surface area contributed by atoms with Crippen LogP contribution in [0.3, 0.4) is 0 Å². The third-order valence-corrected chi connectivity index (χ3v) is 13.5. The third-order valence-electron chi connectivity index (χ3n) is 12.3. The summed E-state index contributed by atoms with van der Waals surface area (Å²) in [7, 11) is 0. The fourth-order valence-electron chi connectivity index (χ4n) is 9.74. The van der Waals surface area contributed by atoms with Crippen LogP contribution in [-0.2, 0) is 0 Å². The molecule has 0 unspecified atom stereocenters. The third kappa shape index (κ3) is 4.72. The Balaban J connectivity index is 1.14. The van der Waals surface area contributed by atoms with Gasteiger partial charge in [-0.1, -0.05) is 152 Å². The first-order chi connectivity index (χ1) is 29.3. The van der Waals surface area contributed by atoms with Gasteiger partial charge in [0.05, 0.1) is 33.3 Å². The van der Waals surface area contributed by atoms with E-state index in [9.17, 15) is 0 Å². The molecule has 0 atom stereocenters. The Bertz CT molecular complexity index is 3610. The fraction of sp³-hybridized carbons (Fsp3) is 0. The number of benzene rings is 9. The maximum atomic E-state index is 5.25. The van der Waals surface area contributed by atoms with E-state index in [1.165, 1.54) is 91.1 Å². The second-order valence-corrected chi connectivity index (χ2v) is 16.5. The number of nitrogens with zero attached hydrogens (tertiary/aromatic N) is 3. The number of hydrogen-bond acceptors (Lipinski definition) is 2. The Morgan fingerprint density at radius 2 is 0.814 bits per heavy atom. The molecule has 0 fully saturated rings. The lowest BCUT2D eigenvalue weighted by Gasteiger charge is -2.16. The Morgan fingerprint density at radius 3 is 1.41 bits per heavy atom. The molecule has 0 radical (unpaired) electrons. The van der Waals surface area contributed by atoms with Crippen LogP contribution >= 0.6 is 11.3 Å². The van der Waals surface area contributed by atoms with Crippen molar-refractivity contribution in [3.63, 3.8) is 0 Å². The van der Waals surface area contributed by atoms with E-state index in [2.05, 4.69) is 209 Å². The van der Waals surface area contributed by atoms with Gasteiger partial charge >= 0.3 is 0 Å². The first kappa shape index (κ1) is 32.5. The summed E-state index contributed by atoms with van der Waals surface area (Å²) in [6, 6.07) is 73.1. The molecule has 13 rings (SSSR count). The Hall–Kier alpha value is -7.53. The zero-order chi connectivity index (χ0) is 38.6. The number of fused-ring (bicyclic) bond motifs is 13. The van der Waals surface area contributed by atoms with Crippen LogP contribution in [-0.4, -0.2) is 14.1 Å². The van der Waals surface area contributed by atoms with Gasteiger partial charge in [0, 0.05) is 74.8 Å². The largest absolute Gasteiger partial charge is 0.309 e. The van der Waals surface area contributed by atoms with Crippen LogP contribution in [0, 0.1) is 0 Å². The van der Waals surface area contributed by atoms with Crippen LogP contribution in [0.15, 0.2) is 200 Å². The van der Waals surface area contributed by atoms with Crippen molar-refractivity contribution in [2.45, 2.75) is 0 Å². The second-order valence-electron chi connectivity index (χ2n) is 15.5. The summed E-state index contributed by atoms with van der Waals surface area (Å²) < 4.78 is 7.48. The SMILES string of the molecule is c1ccc(-c2nc3ccccc3c3c2ccc2c4cccc(-c5cc(-n6c7ccccc7c7ccccc76)cc(-n6c7ccccc7c7ccccc76)c5)c4sc23)cc1. The van der Waals surface area contributed by atoms with Crippen LogP contribution in [0.2, 0.25) is 0 Å². The van der Waals surface area contributed by atoms with E-state index >= 15 is 0 Å². The van der Waals surface area contributed by atoms with Crippen molar-refractivity contribution in [2.75, 3.05) is 0 Å². The average Bonchev–Trinajstić information content (AvgIpc) is 3.97. The minimum absolute atomic E-state index is 1.01. The molecule has 3 nitrogen and oxygen atoms in total. The molecule has 9 aromatic carbocycles. The van der Waals surface area contributed by atoms with Crippen molar-refractivity contribution in [1.29, 1.82) is 0 Å². The normalized spacial score (nSPS) is 12.1. The van der Waals surface area contributed by atoms with Crippen LogP contribution in [0.4, 0.5) is 0 Å². The summed E-state index contributed by atoms with van der Waals surface area (Å²) in [6.45, 7) is 0. The molecule has 4 heteroatoms. The first-order valence-corrected chi connectivity index (χ1v) is 20.9. The van der Waals surface area contributed by atoms with Crippen LogP contribution in [0.25, 0.3) is 119 Å². The summed E-state index contributed by atoms with van der Waals surface area (Å²) >= 11 is 1.91. The highest BCUT2D eigenvalue weighted by Crippen LogP contribution is 2.47. The van der Waals surface area contributed by atoms with E-state index in [-0.39, 0.29) is 0 Å². The van der Waals surface area contributed by atoms with Crippen LogP contribution < -0.4 is 0 Å². The van der Waals surface area contributed by atoms with Crippen molar-refractivity contribution >= 4 is 96.8 Å². The van der Waals surface area contributed by atoms with Gasteiger partial charge in [0.1, 0.15) is 0 Å². The van der Waals surface area contributed by atoms with E-state index in [0.29, 0.717) is 0 Å². The van der Waals surface area contributed by atoms with Crippen molar-refractivity contribution in [2.24, 2.45) is 0 Å². The lowest BCUT2D eigenvalue weighted by atomic mass is 9.97. The number of thiophene rings is 1. The van der Waals surface area contributed by atoms with Crippen molar-refractivity contribution < 1.29 is 0 Å². The van der Waals surface area contributed by atoms with Gasteiger partial charge in [-0.05, 0) is 59.7 Å². The molecular formula is C55H33N3S. The molecular weight excluding hydrogens is 735 g/mol. The van der Waals surface area contributed by atoms with E-state index in [1.807, 2.05) is 11.3 Å². The molecule has 4 heterocycles. The molecule has 0 bridgehead atoms. The van der Waals surface area contributed by atoms with Gasteiger partial charge in [0.2, 0.25) is 0 Å². The Labute approximate surface area is 343 Å². The zero-order valence-electron chi connectivity index (χ0n) is 31.8. The van der Waals surface area contributed by atoms with Gasteiger partial charge in [-0.15, -0.1) is 11.3 Å². The minimum atomic E-state index is 1.01. The molecule has 59 heavy (non-hydrogen) atoms. The van der Waals surface area contributed by atoms with Gasteiger partial charge < -0.3 is 9.13 Å². The lowest BCUT2D eigenvalue weighted by Crippen LogP contribution is -2.00. The van der Waals surface area contributed by atoms with Gasteiger partial charge in [0.15, 0.2) is 0 Å². The number of pyridine rings is 1. The van der Waals surface area contributed by atoms with E-state index in [0.717, 1.165) is 28.1 Å². The number of aromatic nitrogens is 3. The molecule has 0 saturated carbocycles. The molecule has 0 spiro atoms. The number of rotatable bonds is 4. The smallest absolute Gasteiger partial charge is 0.0788 e. The van der Waals surface area contributed by atoms with Crippen LogP contribution in [0.1, 0.15) is 0 Å². The second kappa shape index (κ2) is 12.5. The van der Waals surface area contributed by atoms with E-state index in [1.54, 1.807) is 0 Å². The maximum absolute atomic E-state index is 5.25.